The average molecular weight is 548 g/mol. The van der Waals surface area contributed by atoms with Crippen molar-refractivity contribution in [1.29, 1.82) is 0 Å². The molecule has 0 aromatic heterocycles. The van der Waals surface area contributed by atoms with Crippen LogP contribution in [0.1, 0.15) is 52.9 Å². The fraction of sp³-hybridized carbons (Fsp3) is 0.581. The molecule has 7 nitrogen and oxygen atoms in total. The number of nitrogens with zero attached hydrogens (tertiary/aromatic N) is 3. The van der Waals surface area contributed by atoms with Gasteiger partial charge in [0.1, 0.15) is 0 Å². The summed E-state index contributed by atoms with van der Waals surface area (Å²) in [4.78, 5) is 18.7. The van der Waals surface area contributed by atoms with E-state index in [1.165, 1.54) is 18.5 Å². The quantitative estimate of drug-likeness (QED) is 0.385. The summed E-state index contributed by atoms with van der Waals surface area (Å²) in [5, 5.41) is 23.1. The summed E-state index contributed by atoms with van der Waals surface area (Å²) in [5.74, 6) is 1.15. The standard InChI is InChI=1S/C17H27BN2O2.C14H23BN2O/c1-4-17(21)20(16-10-6-5-7-11-16)14(2)15-9-8-12-19(13-15)18(3)22;1-12(16-14-8-4-3-5-9-14)13-7-6-10-17(11-13)15(2)18/h5-7,10-11,14-15,22H,4,8-9,12-13H2,1-3H3;3-5,8-9,12-13,16,18H,6-7,10-11H2,1-2H3. The van der Waals surface area contributed by atoms with E-state index in [1.54, 1.807) is 0 Å². The van der Waals surface area contributed by atoms with E-state index in [-0.39, 0.29) is 19.0 Å². The molecule has 2 aliphatic rings. The van der Waals surface area contributed by atoms with E-state index in [2.05, 4.69) is 53.1 Å². The number of carbonyl (C=O) groups excluding carboxylic acids is 1. The van der Waals surface area contributed by atoms with Crippen molar-refractivity contribution in [3.8, 4) is 0 Å². The number of hydrogen-bond acceptors (Lipinski definition) is 6. The molecule has 0 bridgehead atoms. The first-order valence-electron chi connectivity index (χ1n) is 15.2. The van der Waals surface area contributed by atoms with E-state index in [0.717, 1.165) is 44.7 Å². The molecule has 1 amide bonds. The van der Waals surface area contributed by atoms with Gasteiger partial charge in [-0.2, -0.15) is 0 Å². The molecule has 40 heavy (non-hydrogen) atoms. The van der Waals surface area contributed by atoms with E-state index >= 15 is 0 Å². The number of benzene rings is 2. The third kappa shape index (κ3) is 9.37. The van der Waals surface area contributed by atoms with Crippen molar-refractivity contribution in [2.24, 2.45) is 11.8 Å². The van der Waals surface area contributed by atoms with Crippen LogP contribution < -0.4 is 10.2 Å². The van der Waals surface area contributed by atoms with Crippen molar-refractivity contribution in [2.45, 2.75) is 78.6 Å². The number of para-hydroxylation sites is 2. The fourth-order valence-electron chi connectivity index (χ4n) is 6.05. The van der Waals surface area contributed by atoms with Gasteiger partial charge in [0.05, 0.1) is 0 Å². The Labute approximate surface area is 243 Å². The highest BCUT2D eigenvalue weighted by Gasteiger charge is 2.33. The molecule has 9 heteroatoms. The lowest BCUT2D eigenvalue weighted by atomic mass is 9.79. The van der Waals surface area contributed by atoms with Crippen molar-refractivity contribution in [2.75, 3.05) is 36.4 Å². The van der Waals surface area contributed by atoms with Gasteiger partial charge in [-0.05, 0) is 115 Å². The zero-order valence-electron chi connectivity index (χ0n) is 25.2. The number of amides is 1. The number of anilines is 2. The number of carbonyl (C=O) groups is 1. The van der Waals surface area contributed by atoms with Crippen LogP contribution in [-0.4, -0.2) is 77.9 Å². The topological polar surface area (TPSA) is 79.3 Å². The third-order valence-corrected chi connectivity index (χ3v) is 8.61. The Bertz CT molecular complexity index is 999. The van der Waals surface area contributed by atoms with E-state index in [0.29, 0.717) is 24.3 Å². The first kappa shape index (κ1) is 32.2. The molecule has 4 unspecified atom stereocenters. The average Bonchev–Trinajstić information content (AvgIpc) is 2.98. The summed E-state index contributed by atoms with van der Waals surface area (Å²) in [6, 6.07) is 20.8. The van der Waals surface area contributed by atoms with Crippen molar-refractivity contribution in [1.82, 2.24) is 9.62 Å². The summed E-state index contributed by atoms with van der Waals surface area (Å²) in [7, 11) is -0.737. The van der Waals surface area contributed by atoms with Crippen molar-refractivity contribution in [3.05, 3.63) is 60.7 Å². The Balaban J connectivity index is 0.000000225. The van der Waals surface area contributed by atoms with Crippen LogP contribution in [0.4, 0.5) is 11.4 Å². The predicted molar refractivity (Wildman–Crippen MR) is 169 cm³/mol. The molecule has 0 saturated carbocycles. The molecule has 0 radical (unpaired) electrons. The maximum Gasteiger partial charge on any atom is 0.376 e. The van der Waals surface area contributed by atoms with Crippen LogP contribution in [0.5, 0.6) is 0 Å². The van der Waals surface area contributed by atoms with Crippen LogP contribution >= 0.6 is 0 Å². The van der Waals surface area contributed by atoms with Crippen molar-refractivity contribution >= 4 is 31.4 Å². The van der Waals surface area contributed by atoms with Gasteiger partial charge >= 0.3 is 14.1 Å². The molecule has 3 N–H and O–H groups in total. The zero-order chi connectivity index (χ0) is 29.1. The third-order valence-electron chi connectivity index (χ3n) is 8.61. The second kappa shape index (κ2) is 16.2. The largest absolute Gasteiger partial charge is 0.437 e. The maximum absolute atomic E-state index is 12.5. The summed E-state index contributed by atoms with van der Waals surface area (Å²) >= 11 is 0. The monoisotopic (exact) mass is 548 g/mol. The number of hydrogen-bond donors (Lipinski definition) is 3. The summed E-state index contributed by atoms with van der Waals surface area (Å²) in [6.07, 6.45) is 5.10. The van der Waals surface area contributed by atoms with Gasteiger partial charge in [-0.25, -0.2) is 0 Å². The Morgan fingerprint density at radius 1 is 0.900 bits per heavy atom. The van der Waals surface area contributed by atoms with Crippen LogP contribution in [0, 0.1) is 11.8 Å². The molecular formula is C31H50B2N4O3. The van der Waals surface area contributed by atoms with Gasteiger partial charge < -0.3 is 29.9 Å². The minimum atomic E-state index is -0.415. The molecule has 0 aliphatic carbocycles. The lowest BCUT2D eigenvalue weighted by Crippen LogP contribution is -2.51. The highest BCUT2D eigenvalue weighted by Crippen LogP contribution is 2.28. The Morgan fingerprint density at radius 2 is 1.40 bits per heavy atom. The van der Waals surface area contributed by atoms with Gasteiger partial charge in [-0.1, -0.05) is 43.3 Å². The SMILES string of the molecule is CB(O)N1CCCC(C(C)Nc2ccccc2)C1.CCC(=O)N(c1ccccc1)C(C)C1CCCN(B(C)O)C1. The van der Waals surface area contributed by atoms with Gasteiger partial charge in [0, 0.05) is 29.9 Å². The first-order valence-corrected chi connectivity index (χ1v) is 15.2. The summed E-state index contributed by atoms with van der Waals surface area (Å²) in [5.41, 5.74) is 2.15. The molecular weight excluding hydrogens is 498 g/mol. The van der Waals surface area contributed by atoms with Crippen LogP contribution in [0.2, 0.25) is 13.6 Å². The predicted octanol–water partition coefficient (Wildman–Crippen LogP) is 4.95. The van der Waals surface area contributed by atoms with Gasteiger partial charge in [0.2, 0.25) is 5.91 Å². The zero-order valence-corrected chi connectivity index (χ0v) is 25.2. The van der Waals surface area contributed by atoms with E-state index < -0.39 is 7.05 Å². The molecule has 2 aromatic carbocycles. The minimum absolute atomic E-state index is 0.136. The molecule has 2 saturated heterocycles. The molecule has 4 atom stereocenters. The lowest BCUT2D eigenvalue weighted by molar-refractivity contribution is -0.119. The molecule has 218 valence electrons. The Hall–Kier alpha value is -2.32. The van der Waals surface area contributed by atoms with Crippen LogP contribution in [0.3, 0.4) is 0 Å². The summed E-state index contributed by atoms with van der Waals surface area (Å²) in [6.45, 7) is 13.8. The van der Waals surface area contributed by atoms with E-state index in [4.69, 9.17) is 0 Å². The first-order chi connectivity index (χ1) is 19.2. The highest BCUT2D eigenvalue weighted by molar-refractivity contribution is 6.45. The van der Waals surface area contributed by atoms with Crippen LogP contribution in [0.25, 0.3) is 0 Å². The van der Waals surface area contributed by atoms with Gasteiger partial charge in [-0.3, -0.25) is 4.79 Å². The van der Waals surface area contributed by atoms with Gasteiger partial charge in [0.15, 0.2) is 0 Å². The fourth-order valence-corrected chi connectivity index (χ4v) is 6.05. The Morgan fingerprint density at radius 3 is 1.93 bits per heavy atom. The number of nitrogens with one attached hydrogen (secondary N) is 1. The van der Waals surface area contributed by atoms with Crippen LogP contribution in [0.15, 0.2) is 60.7 Å². The Kier molecular flexibility index (Phi) is 13.0. The van der Waals surface area contributed by atoms with Gasteiger partial charge in [0.25, 0.3) is 0 Å². The van der Waals surface area contributed by atoms with Crippen molar-refractivity contribution < 1.29 is 14.8 Å². The maximum atomic E-state index is 12.5. The normalized spacial score (nSPS) is 21.4. The second-order valence-corrected chi connectivity index (χ2v) is 11.6. The van der Waals surface area contributed by atoms with E-state index in [1.807, 2.05) is 61.9 Å². The molecule has 2 aliphatic heterocycles. The minimum Gasteiger partial charge on any atom is -0.437 e. The molecule has 0 spiro atoms. The molecule has 4 rings (SSSR count). The highest BCUT2D eigenvalue weighted by atomic mass is 16.2. The molecule has 2 heterocycles. The van der Waals surface area contributed by atoms with E-state index in [9.17, 15) is 14.8 Å². The van der Waals surface area contributed by atoms with Gasteiger partial charge in [-0.15, -0.1) is 0 Å². The summed E-state index contributed by atoms with van der Waals surface area (Å²) < 4.78 is 0. The molecule has 2 fully saturated rings. The lowest BCUT2D eigenvalue weighted by Gasteiger charge is -2.41. The molecule has 2 aromatic rings. The smallest absolute Gasteiger partial charge is 0.376 e. The second-order valence-electron chi connectivity index (χ2n) is 11.6. The number of rotatable bonds is 9. The van der Waals surface area contributed by atoms with Crippen LogP contribution in [-0.2, 0) is 4.79 Å². The van der Waals surface area contributed by atoms with Crippen molar-refractivity contribution in [3.63, 3.8) is 0 Å². The number of piperidine rings is 2.